The Labute approximate surface area is 202 Å². The molecule has 0 rings (SSSR count). The van der Waals surface area contributed by atoms with Crippen LogP contribution in [0.5, 0.6) is 0 Å². The molecule has 0 bridgehead atoms. The molecule has 0 aromatic carbocycles. The Morgan fingerprint density at radius 2 is 1.30 bits per heavy atom. The van der Waals surface area contributed by atoms with Crippen LogP contribution >= 0.6 is 23.5 Å². The molecule has 7 N–H and O–H groups in total. The first-order chi connectivity index (χ1) is 15.4. The number of rotatable bonds is 17. The summed E-state index contributed by atoms with van der Waals surface area (Å²) < 4.78 is 0. The lowest BCUT2D eigenvalue weighted by Crippen LogP contribution is -2.58. The van der Waals surface area contributed by atoms with Crippen LogP contribution in [0.3, 0.4) is 0 Å². The van der Waals surface area contributed by atoms with Crippen molar-refractivity contribution in [2.75, 3.05) is 24.0 Å². The monoisotopic (exact) mass is 508 g/mol. The standard InChI is InChI=1S/C20H36N4O7S2/c1-11(2)16(24-17(27)12(21)5-6-15(25)26)19(29)22-13(7-9-32-3)18(28)23-14(20(30)31)8-10-33-4/h11-14,16H,5-10,21H2,1-4H3,(H,22,29)(H,23,28)(H,24,27)(H,25,26)(H,30,31). The summed E-state index contributed by atoms with van der Waals surface area (Å²) >= 11 is 2.92. The van der Waals surface area contributed by atoms with E-state index in [9.17, 15) is 29.1 Å². The van der Waals surface area contributed by atoms with Gasteiger partial charge in [-0.2, -0.15) is 23.5 Å². The van der Waals surface area contributed by atoms with Crippen molar-refractivity contribution in [2.24, 2.45) is 11.7 Å². The quantitative estimate of drug-likeness (QED) is 0.154. The SMILES string of the molecule is CSCCC(NC(=O)C(CCSC)NC(=O)C(NC(=O)C(N)CCC(=O)O)C(C)C)C(=O)O. The Hall–Kier alpha value is -1.99. The van der Waals surface area contributed by atoms with Gasteiger partial charge in [-0.1, -0.05) is 13.8 Å². The summed E-state index contributed by atoms with van der Waals surface area (Å²) in [6, 6.07) is -4.17. The summed E-state index contributed by atoms with van der Waals surface area (Å²) in [6.45, 7) is 3.40. The van der Waals surface area contributed by atoms with Gasteiger partial charge in [0.05, 0.1) is 6.04 Å². The molecule has 33 heavy (non-hydrogen) atoms. The number of nitrogens with two attached hydrogens (primary N) is 1. The maximum absolute atomic E-state index is 12.9. The molecule has 0 heterocycles. The molecule has 4 unspecified atom stereocenters. The number of carbonyl (C=O) groups excluding carboxylic acids is 3. The van der Waals surface area contributed by atoms with Crippen molar-refractivity contribution < 1.29 is 34.2 Å². The highest BCUT2D eigenvalue weighted by molar-refractivity contribution is 7.98. The second-order valence-corrected chi connectivity index (χ2v) is 9.76. The molecule has 11 nitrogen and oxygen atoms in total. The van der Waals surface area contributed by atoms with Crippen LogP contribution in [0.4, 0.5) is 0 Å². The molecule has 0 saturated carbocycles. The predicted octanol–water partition coefficient (Wildman–Crippen LogP) is -0.120. The highest BCUT2D eigenvalue weighted by Gasteiger charge is 2.31. The topological polar surface area (TPSA) is 188 Å². The highest BCUT2D eigenvalue weighted by Crippen LogP contribution is 2.08. The van der Waals surface area contributed by atoms with Crippen LogP contribution in [-0.4, -0.2) is 88.1 Å². The van der Waals surface area contributed by atoms with Gasteiger partial charge in [-0.25, -0.2) is 4.79 Å². The first-order valence-electron chi connectivity index (χ1n) is 10.5. The minimum atomic E-state index is -1.16. The van der Waals surface area contributed by atoms with Gasteiger partial charge in [0.25, 0.3) is 0 Å². The smallest absolute Gasteiger partial charge is 0.326 e. The van der Waals surface area contributed by atoms with E-state index in [0.29, 0.717) is 11.5 Å². The summed E-state index contributed by atoms with van der Waals surface area (Å²) in [5, 5.41) is 25.7. The molecular weight excluding hydrogens is 472 g/mol. The fourth-order valence-electron chi connectivity index (χ4n) is 2.74. The maximum atomic E-state index is 12.9. The van der Waals surface area contributed by atoms with Gasteiger partial charge in [0.1, 0.15) is 18.1 Å². The van der Waals surface area contributed by atoms with Crippen LogP contribution in [-0.2, 0) is 24.0 Å². The van der Waals surface area contributed by atoms with Crippen molar-refractivity contribution in [3.63, 3.8) is 0 Å². The number of carbonyl (C=O) groups is 5. The van der Waals surface area contributed by atoms with E-state index in [4.69, 9.17) is 10.8 Å². The normalized spacial score (nSPS) is 14.6. The van der Waals surface area contributed by atoms with Crippen LogP contribution in [0.1, 0.15) is 39.5 Å². The zero-order valence-corrected chi connectivity index (χ0v) is 21.1. The van der Waals surface area contributed by atoms with Gasteiger partial charge >= 0.3 is 11.9 Å². The van der Waals surface area contributed by atoms with Crippen molar-refractivity contribution in [1.29, 1.82) is 0 Å². The average Bonchev–Trinajstić information content (AvgIpc) is 2.74. The number of hydrogen-bond acceptors (Lipinski definition) is 8. The van der Waals surface area contributed by atoms with E-state index in [-0.39, 0.29) is 31.6 Å². The number of amides is 3. The molecule has 0 saturated heterocycles. The molecule has 3 amide bonds. The largest absolute Gasteiger partial charge is 0.481 e. The van der Waals surface area contributed by atoms with Crippen molar-refractivity contribution in [2.45, 2.75) is 63.7 Å². The molecular formula is C20H36N4O7S2. The Balaban J connectivity index is 5.31. The molecule has 0 aliphatic rings. The molecule has 4 atom stereocenters. The lowest BCUT2D eigenvalue weighted by molar-refractivity contribution is -0.142. The van der Waals surface area contributed by atoms with E-state index in [1.54, 1.807) is 13.8 Å². The number of nitrogens with one attached hydrogen (secondary N) is 3. The molecule has 0 aromatic rings. The number of carboxylic acids is 2. The Morgan fingerprint density at radius 1 is 0.788 bits per heavy atom. The van der Waals surface area contributed by atoms with Gasteiger partial charge in [0, 0.05) is 6.42 Å². The van der Waals surface area contributed by atoms with Crippen LogP contribution in [0.25, 0.3) is 0 Å². The van der Waals surface area contributed by atoms with Crippen molar-refractivity contribution >= 4 is 53.2 Å². The lowest BCUT2D eigenvalue weighted by Gasteiger charge is -2.27. The summed E-state index contributed by atoms with van der Waals surface area (Å²) in [5.41, 5.74) is 5.72. The number of thioether (sulfide) groups is 2. The van der Waals surface area contributed by atoms with Crippen LogP contribution in [0.15, 0.2) is 0 Å². The van der Waals surface area contributed by atoms with Crippen molar-refractivity contribution in [3.8, 4) is 0 Å². The second kappa shape index (κ2) is 16.6. The summed E-state index contributed by atoms with van der Waals surface area (Å²) in [7, 11) is 0. The van der Waals surface area contributed by atoms with Crippen LogP contribution < -0.4 is 21.7 Å². The first-order valence-corrected chi connectivity index (χ1v) is 13.3. The fraction of sp³-hybridized carbons (Fsp3) is 0.750. The lowest BCUT2D eigenvalue weighted by atomic mass is 10.0. The van der Waals surface area contributed by atoms with E-state index < -0.39 is 53.8 Å². The predicted molar refractivity (Wildman–Crippen MR) is 129 cm³/mol. The molecule has 0 aliphatic carbocycles. The highest BCUT2D eigenvalue weighted by atomic mass is 32.2. The first kappa shape index (κ1) is 31.0. The van der Waals surface area contributed by atoms with Crippen molar-refractivity contribution in [1.82, 2.24) is 16.0 Å². The Morgan fingerprint density at radius 3 is 1.76 bits per heavy atom. The average molecular weight is 509 g/mol. The van der Waals surface area contributed by atoms with Crippen LogP contribution in [0.2, 0.25) is 0 Å². The van der Waals surface area contributed by atoms with Gasteiger partial charge in [-0.3, -0.25) is 19.2 Å². The third-order valence-electron chi connectivity index (χ3n) is 4.72. The molecule has 0 fully saturated rings. The van der Waals surface area contributed by atoms with E-state index in [1.165, 1.54) is 23.5 Å². The van der Waals surface area contributed by atoms with Gasteiger partial charge in [-0.15, -0.1) is 0 Å². The number of aliphatic carboxylic acids is 2. The van der Waals surface area contributed by atoms with E-state index in [1.807, 2.05) is 12.5 Å². The third-order valence-corrected chi connectivity index (χ3v) is 6.01. The minimum Gasteiger partial charge on any atom is -0.481 e. The molecule has 0 radical (unpaired) electrons. The second-order valence-electron chi connectivity index (χ2n) is 7.79. The maximum Gasteiger partial charge on any atom is 0.326 e. The zero-order valence-electron chi connectivity index (χ0n) is 19.5. The summed E-state index contributed by atoms with van der Waals surface area (Å²) in [5.74, 6) is -3.40. The summed E-state index contributed by atoms with van der Waals surface area (Å²) in [4.78, 5) is 60.2. The molecule has 190 valence electrons. The minimum absolute atomic E-state index is 0.0843. The molecule has 0 aromatic heterocycles. The van der Waals surface area contributed by atoms with E-state index in [2.05, 4.69) is 16.0 Å². The van der Waals surface area contributed by atoms with Gasteiger partial charge in [0.2, 0.25) is 17.7 Å². The number of carboxylic acid groups (broad SMARTS) is 2. The fourth-order valence-corrected chi connectivity index (χ4v) is 3.68. The van der Waals surface area contributed by atoms with Crippen LogP contribution in [0, 0.1) is 5.92 Å². The molecule has 13 heteroatoms. The molecule has 0 spiro atoms. The summed E-state index contributed by atoms with van der Waals surface area (Å²) in [6.07, 6.45) is 3.81. The zero-order chi connectivity index (χ0) is 25.6. The third kappa shape index (κ3) is 12.7. The Bertz CT molecular complexity index is 679. The van der Waals surface area contributed by atoms with E-state index in [0.717, 1.165) is 0 Å². The number of hydrogen-bond donors (Lipinski definition) is 6. The van der Waals surface area contributed by atoms with E-state index >= 15 is 0 Å². The van der Waals surface area contributed by atoms with Gasteiger partial charge in [0.15, 0.2) is 0 Å². The van der Waals surface area contributed by atoms with Gasteiger partial charge < -0.3 is 31.9 Å². The Kier molecular flexibility index (Phi) is 15.6. The molecule has 0 aliphatic heterocycles. The van der Waals surface area contributed by atoms with Gasteiger partial charge in [-0.05, 0) is 49.2 Å². The van der Waals surface area contributed by atoms with Crippen molar-refractivity contribution in [3.05, 3.63) is 0 Å².